The molecule has 0 saturated heterocycles. The molecule has 0 radical (unpaired) electrons. The van der Waals surface area contributed by atoms with Crippen molar-refractivity contribution >= 4 is 38.7 Å². The van der Waals surface area contributed by atoms with Gasteiger partial charge in [0.2, 0.25) is 0 Å². The largest absolute Gasteiger partial charge is 0.283 e. The monoisotopic (exact) mass is 392 g/mol. The molecule has 7 heteroatoms. The van der Waals surface area contributed by atoms with Crippen molar-refractivity contribution in [3.05, 3.63) is 84.4 Å². The summed E-state index contributed by atoms with van der Waals surface area (Å²) in [5, 5.41) is 4.64. The summed E-state index contributed by atoms with van der Waals surface area (Å²) >= 11 is 1.30. The highest BCUT2D eigenvalue weighted by Crippen LogP contribution is 2.30. The van der Waals surface area contributed by atoms with Gasteiger partial charge in [-0.3, -0.25) is 14.4 Å². The third kappa shape index (κ3) is 3.99. The molecule has 0 aliphatic heterocycles. The van der Waals surface area contributed by atoms with Crippen molar-refractivity contribution in [1.29, 1.82) is 0 Å². The number of aromatic nitrogens is 3. The molecule has 2 aromatic carbocycles. The lowest BCUT2D eigenvalue weighted by Crippen LogP contribution is -2.32. The van der Waals surface area contributed by atoms with E-state index in [1.165, 1.54) is 23.5 Å². The number of carbonyl (C=O) groups is 1. The molecule has 0 aliphatic carbocycles. The topological polar surface area (TPSA) is 51.0 Å². The van der Waals surface area contributed by atoms with Gasteiger partial charge in [0.1, 0.15) is 11.3 Å². The Morgan fingerprint density at radius 2 is 2.00 bits per heavy atom. The van der Waals surface area contributed by atoms with Gasteiger partial charge >= 0.3 is 0 Å². The number of carbonyl (C=O) groups excluding carboxylic acids is 1. The van der Waals surface area contributed by atoms with Crippen molar-refractivity contribution in [2.24, 2.45) is 0 Å². The molecule has 2 heterocycles. The summed E-state index contributed by atoms with van der Waals surface area (Å²) in [7, 11) is 0. The summed E-state index contributed by atoms with van der Waals surface area (Å²) in [4.78, 5) is 18.9. The van der Waals surface area contributed by atoms with Crippen molar-refractivity contribution in [2.75, 3.05) is 11.4 Å². The molecule has 140 valence electrons. The van der Waals surface area contributed by atoms with Crippen molar-refractivity contribution in [3.8, 4) is 0 Å². The second kappa shape index (κ2) is 8.14. The van der Waals surface area contributed by atoms with Gasteiger partial charge in [-0.05, 0) is 29.8 Å². The van der Waals surface area contributed by atoms with Gasteiger partial charge in [-0.2, -0.15) is 5.10 Å². The lowest BCUT2D eigenvalue weighted by molar-refractivity contribution is -0.114. The van der Waals surface area contributed by atoms with Gasteiger partial charge in [0.15, 0.2) is 5.13 Å². The molecule has 1 amide bonds. The minimum Gasteiger partial charge on any atom is -0.283 e. The standard InChI is InChI=1S/C21H17FN4OS/c22-17-8-4-9-18-20(17)24-21(28-18)26(15-14-25-13-5-12-23-25)19(27)11-10-16-6-2-1-3-7-16/h1-13H,14-15H2/b11-10+. The second-order valence-electron chi connectivity index (χ2n) is 6.09. The van der Waals surface area contributed by atoms with Crippen LogP contribution in [0.2, 0.25) is 0 Å². The van der Waals surface area contributed by atoms with Gasteiger partial charge in [0.05, 0.1) is 11.2 Å². The summed E-state index contributed by atoms with van der Waals surface area (Å²) in [5.41, 5.74) is 1.21. The maximum Gasteiger partial charge on any atom is 0.252 e. The molecule has 0 spiro atoms. The van der Waals surface area contributed by atoms with Crippen LogP contribution in [0.25, 0.3) is 16.3 Å². The van der Waals surface area contributed by atoms with Gasteiger partial charge in [-0.15, -0.1) is 0 Å². The van der Waals surface area contributed by atoms with Crippen LogP contribution in [-0.4, -0.2) is 27.2 Å². The van der Waals surface area contributed by atoms with Crippen LogP contribution in [0.5, 0.6) is 0 Å². The van der Waals surface area contributed by atoms with E-state index >= 15 is 0 Å². The van der Waals surface area contributed by atoms with Crippen LogP contribution in [0.4, 0.5) is 9.52 Å². The third-order valence-electron chi connectivity index (χ3n) is 4.19. The first-order valence-corrected chi connectivity index (χ1v) is 9.59. The van der Waals surface area contributed by atoms with E-state index in [1.54, 1.807) is 34.0 Å². The lowest BCUT2D eigenvalue weighted by Gasteiger charge is -2.18. The van der Waals surface area contributed by atoms with Crippen LogP contribution in [0.15, 0.2) is 73.1 Å². The van der Waals surface area contributed by atoms with E-state index in [1.807, 2.05) is 42.6 Å². The van der Waals surface area contributed by atoms with Crippen LogP contribution >= 0.6 is 11.3 Å². The fraction of sp³-hybridized carbons (Fsp3) is 0.0952. The Hall–Kier alpha value is -3.32. The smallest absolute Gasteiger partial charge is 0.252 e. The number of halogens is 1. The third-order valence-corrected chi connectivity index (χ3v) is 5.23. The first kappa shape index (κ1) is 18.1. The summed E-state index contributed by atoms with van der Waals surface area (Å²) < 4.78 is 16.5. The number of hydrogen-bond donors (Lipinski definition) is 0. The number of hydrogen-bond acceptors (Lipinski definition) is 4. The maximum absolute atomic E-state index is 14.1. The number of nitrogens with zero attached hydrogens (tertiary/aromatic N) is 4. The molecule has 4 aromatic rings. The summed E-state index contributed by atoms with van der Waals surface area (Å²) in [6, 6.07) is 16.2. The first-order chi connectivity index (χ1) is 13.7. The van der Waals surface area contributed by atoms with Crippen LogP contribution in [0.1, 0.15) is 5.56 Å². The number of thiazole rings is 1. The van der Waals surface area contributed by atoms with Crippen molar-refractivity contribution in [1.82, 2.24) is 14.8 Å². The van der Waals surface area contributed by atoms with Crippen molar-refractivity contribution in [2.45, 2.75) is 6.54 Å². The van der Waals surface area contributed by atoms with Gasteiger partial charge in [0.25, 0.3) is 5.91 Å². The summed E-state index contributed by atoms with van der Waals surface area (Å²) in [5.74, 6) is -0.602. The molecule has 0 aliphatic rings. The molecule has 2 aromatic heterocycles. The number of fused-ring (bicyclic) bond motifs is 1. The predicted octanol–water partition coefficient (Wildman–Crippen LogP) is 4.38. The molecule has 0 fully saturated rings. The Morgan fingerprint density at radius 1 is 1.14 bits per heavy atom. The Morgan fingerprint density at radius 3 is 2.75 bits per heavy atom. The molecule has 4 rings (SSSR count). The minimum absolute atomic E-state index is 0.213. The minimum atomic E-state index is -0.390. The molecular weight excluding hydrogens is 375 g/mol. The van der Waals surface area contributed by atoms with E-state index < -0.39 is 0 Å². The highest BCUT2D eigenvalue weighted by atomic mass is 32.1. The predicted molar refractivity (Wildman–Crippen MR) is 110 cm³/mol. The van der Waals surface area contributed by atoms with E-state index in [4.69, 9.17) is 0 Å². The molecule has 5 nitrogen and oxygen atoms in total. The van der Waals surface area contributed by atoms with Gasteiger partial charge in [-0.1, -0.05) is 47.7 Å². The molecule has 0 unspecified atom stereocenters. The van der Waals surface area contributed by atoms with Crippen LogP contribution < -0.4 is 4.90 Å². The van der Waals surface area contributed by atoms with Crippen molar-refractivity contribution < 1.29 is 9.18 Å². The zero-order valence-electron chi connectivity index (χ0n) is 14.9. The number of rotatable bonds is 6. The fourth-order valence-electron chi connectivity index (χ4n) is 2.78. The van der Waals surface area contributed by atoms with Gasteiger partial charge in [-0.25, -0.2) is 9.37 Å². The average Bonchev–Trinajstić information content (AvgIpc) is 3.38. The number of para-hydroxylation sites is 1. The maximum atomic E-state index is 14.1. The second-order valence-corrected chi connectivity index (χ2v) is 7.10. The van der Waals surface area contributed by atoms with E-state index in [0.29, 0.717) is 22.9 Å². The number of anilines is 1. The molecular formula is C21H17FN4OS. The van der Waals surface area contributed by atoms with Crippen molar-refractivity contribution in [3.63, 3.8) is 0 Å². The molecule has 0 N–H and O–H groups in total. The normalized spacial score (nSPS) is 11.3. The van der Waals surface area contributed by atoms with Crippen LogP contribution in [-0.2, 0) is 11.3 Å². The Balaban J connectivity index is 1.63. The van der Waals surface area contributed by atoms with E-state index in [0.717, 1.165) is 5.56 Å². The van der Waals surface area contributed by atoms with E-state index in [2.05, 4.69) is 10.1 Å². The van der Waals surface area contributed by atoms with E-state index in [-0.39, 0.29) is 17.2 Å². The molecule has 0 saturated carbocycles. The highest BCUT2D eigenvalue weighted by Gasteiger charge is 2.19. The highest BCUT2D eigenvalue weighted by molar-refractivity contribution is 7.22. The average molecular weight is 392 g/mol. The first-order valence-electron chi connectivity index (χ1n) is 8.78. The van der Waals surface area contributed by atoms with Gasteiger partial charge < -0.3 is 0 Å². The Labute approximate surface area is 165 Å². The van der Waals surface area contributed by atoms with Crippen LogP contribution in [0.3, 0.4) is 0 Å². The summed E-state index contributed by atoms with van der Waals surface area (Å²) in [6.07, 6.45) is 6.80. The zero-order valence-corrected chi connectivity index (χ0v) is 15.7. The van der Waals surface area contributed by atoms with Crippen LogP contribution in [0, 0.1) is 5.82 Å². The Kier molecular flexibility index (Phi) is 5.25. The molecule has 0 bridgehead atoms. The molecule has 0 atom stereocenters. The zero-order chi connectivity index (χ0) is 19.3. The SMILES string of the molecule is O=C(/C=C/c1ccccc1)N(CCn1cccn1)c1nc2c(F)cccc2s1. The van der Waals surface area contributed by atoms with Gasteiger partial charge in [0, 0.05) is 25.0 Å². The fourth-order valence-corrected chi connectivity index (χ4v) is 3.79. The number of benzene rings is 2. The number of amides is 1. The summed E-state index contributed by atoms with van der Waals surface area (Å²) in [6.45, 7) is 0.886. The Bertz CT molecular complexity index is 1110. The molecule has 28 heavy (non-hydrogen) atoms. The quantitative estimate of drug-likeness (QED) is 0.458. The van der Waals surface area contributed by atoms with E-state index in [9.17, 15) is 9.18 Å². The lowest BCUT2D eigenvalue weighted by atomic mass is 10.2.